The van der Waals surface area contributed by atoms with Crippen molar-refractivity contribution < 1.29 is 23.3 Å². The molecule has 7 nitrogen and oxygen atoms in total. The molecule has 0 aromatic carbocycles. The second-order valence-electron chi connectivity index (χ2n) is 5.83. The van der Waals surface area contributed by atoms with Gasteiger partial charge in [0.15, 0.2) is 0 Å². The highest BCUT2D eigenvalue weighted by Gasteiger charge is 2.17. The van der Waals surface area contributed by atoms with Crippen LogP contribution in [-0.4, -0.2) is 87.9 Å². The summed E-state index contributed by atoms with van der Waals surface area (Å²) in [5.41, 5.74) is 0. The Labute approximate surface area is 149 Å². The molecule has 0 aromatic heterocycles. The monoisotopic (exact) mass is 344 g/mol. The van der Waals surface area contributed by atoms with E-state index in [-0.39, 0.29) is 14.4 Å². The number of hydrogen-bond acceptors (Lipinski definition) is 7. The molecule has 0 rings (SSSR count). The predicted molar refractivity (Wildman–Crippen MR) is 101 cm³/mol. The Bertz CT molecular complexity index is 257. The normalized spacial score (nSPS) is 11.1. The molecule has 0 saturated carbocycles. The quantitative estimate of drug-likeness (QED) is 0.395. The summed E-state index contributed by atoms with van der Waals surface area (Å²) >= 11 is 0. The van der Waals surface area contributed by atoms with E-state index in [0.717, 1.165) is 51.7 Å². The Kier molecular flexibility index (Phi) is 16.3. The zero-order valence-electron chi connectivity index (χ0n) is 16.4. The third-order valence-corrected chi connectivity index (χ3v) is 4.09. The van der Waals surface area contributed by atoms with Gasteiger partial charge in [-0.05, 0) is 38.6 Å². The molecule has 10 heteroatoms. The summed E-state index contributed by atoms with van der Waals surface area (Å²) in [6.45, 7) is 6.22. The molecule has 140 valence electrons. The van der Waals surface area contributed by atoms with Crippen LogP contribution in [-0.2, 0) is 23.3 Å². The smallest absolute Gasteiger partial charge is 0.439 e. The Morgan fingerprint density at radius 1 is 0.750 bits per heavy atom. The molecule has 0 aromatic rings. The molecule has 0 aliphatic rings. The molecule has 24 heavy (non-hydrogen) atoms. The van der Waals surface area contributed by atoms with Crippen LogP contribution < -0.4 is 5.23 Å². The van der Waals surface area contributed by atoms with Crippen molar-refractivity contribution in [1.29, 1.82) is 0 Å². The summed E-state index contributed by atoms with van der Waals surface area (Å²) < 4.78 is 26.1. The molecule has 0 atom stereocenters. The van der Waals surface area contributed by atoms with Gasteiger partial charge in [-0.25, -0.2) is 0 Å². The van der Waals surface area contributed by atoms with Gasteiger partial charge in [0.25, 0.3) is 6.92 Å². The van der Waals surface area contributed by atoms with Crippen molar-refractivity contribution in [3.8, 4) is 0 Å². The van der Waals surface area contributed by atoms with Crippen molar-refractivity contribution in [2.45, 2.75) is 32.3 Å². The minimum absolute atomic E-state index is 0.121. The molecule has 0 amide bonds. The van der Waals surface area contributed by atoms with Crippen molar-refractivity contribution in [2.24, 2.45) is 0 Å². The van der Waals surface area contributed by atoms with Gasteiger partial charge in [-0.2, -0.15) is 0 Å². The standard InChI is InChI=1S/C14H35B3N2O5/c1-15(20-2)9-7-12-19(13-8-10-16(21-3)22-4)14-11-18-17(23-5)24-6/h18H,7-14H2,1-6H3. The van der Waals surface area contributed by atoms with E-state index in [1.807, 2.05) is 0 Å². The van der Waals surface area contributed by atoms with E-state index in [4.69, 9.17) is 23.3 Å². The van der Waals surface area contributed by atoms with Crippen LogP contribution in [0, 0.1) is 0 Å². The fraction of sp³-hybridized carbons (Fsp3) is 1.00. The molecule has 0 bridgehead atoms. The third-order valence-electron chi connectivity index (χ3n) is 4.09. The van der Waals surface area contributed by atoms with Crippen LogP contribution >= 0.6 is 0 Å². The highest BCUT2D eigenvalue weighted by atomic mass is 16.6. The summed E-state index contributed by atoms with van der Waals surface area (Å²) in [7, 11) is 7.89. The van der Waals surface area contributed by atoms with Gasteiger partial charge in [-0.3, -0.25) is 0 Å². The predicted octanol–water partition coefficient (Wildman–Crippen LogP) is 0.985. The highest BCUT2D eigenvalue weighted by Crippen LogP contribution is 2.05. The van der Waals surface area contributed by atoms with Gasteiger partial charge in [0.05, 0.1) is 0 Å². The summed E-state index contributed by atoms with van der Waals surface area (Å²) in [6.07, 6.45) is 4.11. The Balaban J connectivity index is 4.16. The number of hydrogen-bond donors (Lipinski definition) is 1. The summed E-state index contributed by atoms with van der Waals surface area (Å²) in [4.78, 5) is 2.44. The summed E-state index contributed by atoms with van der Waals surface area (Å²) in [5, 5.41) is 3.22. The lowest BCUT2D eigenvalue weighted by Crippen LogP contribution is -2.43. The van der Waals surface area contributed by atoms with Gasteiger partial charge in [-0.1, -0.05) is 6.82 Å². The molecule has 0 fully saturated rings. The van der Waals surface area contributed by atoms with Crippen molar-refractivity contribution in [2.75, 3.05) is 61.7 Å². The Hall–Kier alpha value is -0.0852. The topological polar surface area (TPSA) is 61.4 Å². The zero-order chi connectivity index (χ0) is 18.2. The van der Waals surface area contributed by atoms with Gasteiger partial charge in [0.1, 0.15) is 0 Å². The molecular weight excluding hydrogens is 309 g/mol. The lowest BCUT2D eigenvalue weighted by Gasteiger charge is -2.23. The SMILES string of the molecule is COB(C)CCCN(CCCB(OC)OC)CCNB(OC)OC. The number of nitrogens with zero attached hydrogens (tertiary/aromatic N) is 1. The van der Waals surface area contributed by atoms with Crippen molar-refractivity contribution >= 4 is 21.3 Å². The fourth-order valence-corrected chi connectivity index (χ4v) is 2.47. The molecule has 1 N–H and O–H groups in total. The summed E-state index contributed by atoms with van der Waals surface area (Å²) in [5.74, 6) is 0. The van der Waals surface area contributed by atoms with Crippen molar-refractivity contribution in [3.63, 3.8) is 0 Å². The first-order chi connectivity index (χ1) is 11.6. The first kappa shape index (κ1) is 23.9. The van der Waals surface area contributed by atoms with E-state index < -0.39 is 0 Å². The molecule has 0 unspecified atom stereocenters. The van der Waals surface area contributed by atoms with E-state index in [9.17, 15) is 0 Å². The highest BCUT2D eigenvalue weighted by molar-refractivity contribution is 6.50. The van der Waals surface area contributed by atoms with Gasteiger partial charge in [-0.15, -0.1) is 0 Å². The first-order valence-corrected chi connectivity index (χ1v) is 8.70. The van der Waals surface area contributed by atoms with Crippen LogP contribution in [0.25, 0.3) is 0 Å². The third kappa shape index (κ3) is 12.3. The second-order valence-corrected chi connectivity index (χ2v) is 5.83. The molecule has 0 heterocycles. The maximum atomic E-state index is 5.32. The van der Waals surface area contributed by atoms with E-state index in [0.29, 0.717) is 6.92 Å². The van der Waals surface area contributed by atoms with Gasteiger partial charge < -0.3 is 33.4 Å². The average molecular weight is 344 g/mol. The minimum atomic E-state index is -0.355. The lowest BCUT2D eigenvalue weighted by atomic mass is 9.66. The zero-order valence-corrected chi connectivity index (χ0v) is 16.4. The van der Waals surface area contributed by atoms with Crippen LogP contribution in [0.15, 0.2) is 0 Å². The van der Waals surface area contributed by atoms with Crippen LogP contribution in [0.1, 0.15) is 12.8 Å². The molecule has 0 aliphatic heterocycles. The second kappa shape index (κ2) is 16.4. The van der Waals surface area contributed by atoms with Gasteiger partial charge in [0.2, 0.25) is 0 Å². The van der Waals surface area contributed by atoms with Crippen molar-refractivity contribution in [1.82, 2.24) is 10.1 Å². The van der Waals surface area contributed by atoms with Crippen LogP contribution in [0.2, 0.25) is 19.5 Å². The van der Waals surface area contributed by atoms with Gasteiger partial charge in [0, 0.05) is 48.6 Å². The minimum Gasteiger partial charge on any atom is -0.439 e. The van der Waals surface area contributed by atoms with E-state index in [2.05, 4.69) is 17.0 Å². The lowest BCUT2D eigenvalue weighted by molar-refractivity contribution is 0.244. The first-order valence-electron chi connectivity index (χ1n) is 8.70. The van der Waals surface area contributed by atoms with Crippen LogP contribution in [0.5, 0.6) is 0 Å². The Morgan fingerprint density at radius 2 is 1.33 bits per heavy atom. The van der Waals surface area contributed by atoms with E-state index >= 15 is 0 Å². The largest absolute Gasteiger partial charge is 0.554 e. The fourth-order valence-electron chi connectivity index (χ4n) is 2.47. The van der Waals surface area contributed by atoms with Gasteiger partial charge >= 0.3 is 14.4 Å². The number of nitrogens with one attached hydrogen (secondary N) is 1. The maximum Gasteiger partial charge on any atom is 0.554 e. The summed E-state index contributed by atoms with van der Waals surface area (Å²) in [6, 6.07) is 0. The van der Waals surface area contributed by atoms with E-state index in [1.165, 1.54) is 0 Å². The number of rotatable bonds is 17. The Morgan fingerprint density at radius 3 is 1.83 bits per heavy atom. The molecule has 0 aliphatic carbocycles. The van der Waals surface area contributed by atoms with Crippen LogP contribution in [0.3, 0.4) is 0 Å². The molecular formula is C14H35B3N2O5. The molecule has 0 radical (unpaired) electrons. The maximum absolute atomic E-state index is 5.32. The molecule has 0 spiro atoms. The molecule has 0 saturated heterocycles. The van der Waals surface area contributed by atoms with Crippen LogP contribution in [0.4, 0.5) is 0 Å². The van der Waals surface area contributed by atoms with Crippen molar-refractivity contribution in [3.05, 3.63) is 0 Å². The average Bonchev–Trinajstić information content (AvgIpc) is 2.61. The van der Waals surface area contributed by atoms with E-state index in [1.54, 1.807) is 35.5 Å².